The highest BCUT2D eigenvalue weighted by molar-refractivity contribution is 7.90. The highest BCUT2D eigenvalue weighted by Gasteiger charge is 2.54. The number of ether oxygens (including phenoxy) is 1. The molecule has 1 heterocycles. The van der Waals surface area contributed by atoms with Gasteiger partial charge in [-0.2, -0.15) is 0 Å². The molecule has 158 valence electrons. The van der Waals surface area contributed by atoms with Crippen molar-refractivity contribution in [1.82, 2.24) is 10.3 Å². The number of primary amides is 1. The number of aromatic nitrogens is 1. The average molecular weight is 429 g/mol. The Labute approximate surface area is 174 Å². The topological polar surface area (TPSA) is 128 Å². The van der Waals surface area contributed by atoms with E-state index in [1.165, 1.54) is 12.1 Å². The second-order valence-electron chi connectivity index (χ2n) is 8.25. The fourth-order valence-corrected chi connectivity index (χ4v) is 5.04. The Kier molecular flexibility index (Phi) is 5.01. The minimum Gasteiger partial charge on any atom is -0.474 e. The third-order valence-electron chi connectivity index (χ3n) is 5.85. The minimum atomic E-state index is -3.36. The molecule has 1 aromatic heterocycles. The van der Waals surface area contributed by atoms with Crippen LogP contribution in [-0.2, 0) is 9.84 Å². The van der Waals surface area contributed by atoms with Gasteiger partial charge in [-0.25, -0.2) is 13.4 Å². The molecular weight excluding hydrogens is 406 g/mol. The lowest BCUT2D eigenvalue weighted by atomic mass is 9.53. The predicted octanol–water partition coefficient (Wildman–Crippen LogP) is 1.70. The summed E-state index contributed by atoms with van der Waals surface area (Å²) in [5.74, 6) is -0.578. The number of rotatable bonds is 6. The summed E-state index contributed by atoms with van der Waals surface area (Å²) >= 11 is 0. The van der Waals surface area contributed by atoms with Gasteiger partial charge in [0, 0.05) is 24.1 Å². The molecule has 2 fully saturated rings. The fraction of sp³-hybridized carbons (Fsp3) is 0.381. The van der Waals surface area contributed by atoms with Crippen LogP contribution >= 0.6 is 0 Å². The number of hydrogen-bond acceptors (Lipinski definition) is 6. The van der Waals surface area contributed by atoms with Crippen molar-refractivity contribution in [2.24, 2.45) is 11.1 Å². The van der Waals surface area contributed by atoms with Crippen molar-refractivity contribution in [2.45, 2.75) is 42.7 Å². The maximum Gasteiger partial charge on any atom is 0.254 e. The van der Waals surface area contributed by atoms with E-state index in [2.05, 4.69) is 10.3 Å². The Morgan fingerprint density at radius 2 is 1.90 bits per heavy atom. The van der Waals surface area contributed by atoms with Crippen LogP contribution in [-0.4, -0.2) is 43.6 Å². The predicted molar refractivity (Wildman–Crippen MR) is 109 cm³/mol. The minimum absolute atomic E-state index is 0.0268. The number of pyridine rings is 1. The number of hydrogen-bond donors (Lipinski definition) is 2. The van der Waals surface area contributed by atoms with E-state index in [9.17, 15) is 18.0 Å². The summed E-state index contributed by atoms with van der Waals surface area (Å²) in [6.07, 6.45) is 6.00. The molecule has 2 aliphatic carbocycles. The second-order valence-corrected chi connectivity index (χ2v) is 10.3. The summed E-state index contributed by atoms with van der Waals surface area (Å²) in [7, 11) is -3.36. The Hall–Kier alpha value is -2.94. The van der Waals surface area contributed by atoms with Crippen LogP contribution in [0.4, 0.5) is 0 Å². The van der Waals surface area contributed by atoms with Crippen molar-refractivity contribution in [3.05, 3.63) is 53.7 Å². The molecule has 0 unspecified atom stereocenters. The zero-order valence-corrected chi connectivity index (χ0v) is 17.3. The van der Waals surface area contributed by atoms with Crippen LogP contribution in [0.15, 0.2) is 47.5 Å². The quantitative estimate of drug-likeness (QED) is 0.719. The van der Waals surface area contributed by atoms with Gasteiger partial charge in [0.2, 0.25) is 5.88 Å². The number of nitrogens with one attached hydrogen (secondary N) is 1. The van der Waals surface area contributed by atoms with Crippen LogP contribution in [0.5, 0.6) is 5.88 Å². The van der Waals surface area contributed by atoms with Crippen molar-refractivity contribution < 1.29 is 22.7 Å². The van der Waals surface area contributed by atoms with E-state index in [0.717, 1.165) is 31.9 Å². The lowest BCUT2D eigenvalue weighted by Crippen LogP contribution is -2.58. The summed E-state index contributed by atoms with van der Waals surface area (Å²) in [5.41, 5.74) is 6.10. The fourth-order valence-electron chi connectivity index (χ4n) is 4.38. The van der Waals surface area contributed by atoms with Crippen LogP contribution in [0.3, 0.4) is 0 Å². The molecular formula is C21H23N3O5S. The maximum absolute atomic E-state index is 12.5. The van der Waals surface area contributed by atoms with Gasteiger partial charge in [0.05, 0.1) is 4.90 Å². The van der Waals surface area contributed by atoms with Crippen LogP contribution < -0.4 is 15.8 Å². The van der Waals surface area contributed by atoms with E-state index in [-0.39, 0.29) is 39.8 Å². The van der Waals surface area contributed by atoms with Gasteiger partial charge in [0.1, 0.15) is 11.7 Å². The molecule has 0 bridgehead atoms. The molecule has 8 nitrogen and oxygen atoms in total. The number of amides is 2. The van der Waals surface area contributed by atoms with Gasteiger partial charge in [-0.3, -0.25) is 9.59 Å². The van der Waals surface area contributed by atoms with Crippen LogP contribution in [0, 0.1) is 5.41 Å². The van der Waals surface area contributed by atoms with E-state index in [1.807, 2.05) is 0 Å². The molecule has 2 saturated carbocycles. The number of carbonyl (C=O) groups excluding carboxylic acids is 2. The molecule has 4 rings (SSSR count). The Bertz CT molecular complexity index is 1100. The van der Waals surface area contributed by atoms with Crippen molar-refractivity contribution in [1.29, 1.82) is 0 Å². The zero-order chi connectivity index (χ0) is 21.5. The zero-order valence-electron chi connectivity index (χ0n) is 16.5. The van der Waals surface area contributed by atoms with Crippen molar-refractivity contribution >= 4 is 21.7 Å². The molecule has 3 N–H and O–H groups in total. The summed E-state index contributed by atoms with van der Waals surface area (Å²) in [5, 5.41) is 2.98. The summed E-state index contributed by atoms with van der Waals surface area (Å²) in [4.78, 5) is 28.2. The molecule has 0 atom stereocenters. The molecule has 2 aromatic rings. The molecule has 2 amide bonds. The van der Waals surface area contributed by atoms with Crippen LogP contribution in [0.2, 0.25) is 0 Å². The van der Waals surface area contributed by atoms with Crippen molar-refractivity contribution in [3.8, 4) is 5.88 Å². The van der Waals surface area contributed by atoms with Gasteiger partial charge in [0.25, 0.3) is 11.8 Å². The van der Waals surface area contributed by atoms with Crippen molar-refractivity contribution in [2.75, 3.05) is 6.26 Å². The molecule has 9 heteroatoms. The number of nitrogens with zero attached hydrogens (tertiary/aromatic N) is 1. The second kappa shape index (κ2) is 7.39. The Morgan fingerprint density at radius 1 is 1.17 bits per heavy atom. The summed E-state index contributed by atoms with van der Waals surface area (Å²) in [6.45, 7) is 0. The molecule has 1 spiro atoms. The smallest absolute Gasteiger partial charge is 0.254 e. The van der Waals surface area contributed by atoms with E-state index < -0.39 is 15.7 Å². The van der Waals surface area contributed by atoms with E-state index in [1.54, 1.807) is 30.5 Å². The van der Waals surface area contributed by atoms with Gasteiger partial charge in [-0.15, -0.1) is 0 Å². The van der Waals surface area contributed by atoms with Gasteiger partial charge < -0.3 is 15.8 Å². The molecule has 1 aromatic carbocycles. The van der Waals surface area contributed by atoms with E-state index in [4.69, 9.17) is 10.5 Å². The molecule has 2 aliphatic rings. The summed E-state index contributed by atoms with van der Waals surface area (Å²) < 4.78 is 29.2. The number of sulfone groups is 1. The Morgan fingerprint density at radius 3 is 2.57 bits per heavy atom. The first kappa shape index (κ1) is 20.3. The van der Waals surface area contributed by atoms with Crippen molar-refractivity contribution in [3.63, 3.8) is 0 Å². The van der Waals surface area contributed by atoms with E-state index in [0.29, 0.717) is 5.56 Å². The molecule has 0 radical (unpaired) electrons. The first-order valence-corrected chi connectivity index (χ1v) is 11.6. The summed E-state index contributed by atoms with van der Waals surface area (Å²) in [6, 6.07) is 9.33. The van der Waals surface area contributed by atoms with Gasteiger partial charge >= 0.3 is 0 Å². The lowest BCUT2D eigenvalue weighted by Gasteiger charge is -2.57. The normalized spacial score (nSPS) is 25.1. The SMILES string of the molecule is CS(=O)(=O)c1cccc(C(=O)NC2CC3(C2)CC(Oc2ncccc2C(N)=O)C3)c1. The average Bonchev–Trinajstić information content (AvgIpc) is 2.64. The lowest BCUT2D eigenvalue weighted by molar-refractivity contribution is -0.0848. The maximum atomic E-state index is 12.5. The van der Waals surface area contributed by atoms with E-state index >= 15 is 0 Å². The number of nitrogens with two attached hydrogens (primary N) is 1. The highest BCUT2D eigenvalue weighted by atomic mass is 32.2. The largest absolute Gasteiger partial charge is 0.474 e. The monoisotopic (exact) mass is 429 g/mol. The molecule has 0 aliphatic heterocycles. The first-order chi connectivity index (χ1) is 14.2. The van der Waals surface area contributed by atoms with Gasteiger partial charge in [0.15, 0.2) is 9.84 Å². The van der Waals surface area contributed by atoms with Gasteiger partial charge in [-0.05, 0) is 61.4 Å². The molecule has 0 saturated heterocycles. The third-order valence-corrected chi connectivity index (χ3v) is 6.96. The molecule has 30 heavy (non-hydrogen) atoms. The standard InChI is InChI=1S/C21H23N3O5S/c1-30(27,28)16-5-2-4-13(8-16)19(26)24-14-9-21(10-14)11-15(12-21)29-20-17(18(22)25)6-3-7-23-20/h2-8,14-15H,9-12H2,1H3,(H2,22,25)(H,24,26). The van der Waals surface area contributed by atoms with Crippen LogP contribution in [0.25, 0.3) is 0 Å². The highest BCUT2D eigenvalue weighted by Crippen LogP contribution is 2.56. The van der Waals surface area contributed by atoms with Gasteiger partial charge in [-0.1, -0.05) is 6.07 Å². The number of carbonyl (C=O) groups is 2. The Balaban J connectivity index is 1.29. The third kappa shape index (κ3) is 4.02. The first-order valence-electron chi connectivity index (χ1n) is 9.68. The van der Waals surface area contributed by atoms with Crippen LogP contribution in [0.1, 0.15) is 46.4 Å². The number of benzene rings is 1.